The van der Waals surface area contributed by atoms with Crippen molar-refractivity contribution in [1.29, 1.82) is 0 Å². The molecule has 11 heteroatoms. The Morgan fingerprint density at radius 3 is 2.53 bits per heavy atom. The quantitative estimate of drug-likeness (QED) is 0.359. The van der Waals surface area contributed by atoms with E-state index in [4.69, 9.17) is 0 Å². The number of nitrogens with zero attached hydrogens (tertiary/aromatic N) is 2. The van der Waals surface area contributed by atoms with Crippen LogP contribution in [0.1, 0.15) is 5.56 Å². The average molecular weight is 564 g/mol. The number of nitrogens with one attached hydrogen (secondary N) is 2. The number of benzene rings is 2. The maximum Gasteiger partial charge on any atom is 0.280 e. The summed E-state index contributed by atoms with van der Waals surface area (Å²) in [5.41, 5.74) is -0.214. The third kappa shape index (κ3) is 3.37. The van der Waals surface area contributed by atoms with Gasteiger partial charge < -0.3 is 5.32 Å². The van der Waals surface area contributed by atoms with Crippen molar-refractivity contribution in [1.82, 2.24) is 13.9 Å². The lowest BCUT2D eigenvalue weighted by Crippen LogP contribution is -2.52. The largest absolute Gasteiger partial charge is 0.339 e. The van der Waals surface area contributed by atoms with Gasteiger partial charge in [-0.05, 0) is 70.6 Å². The molecule has 0 amide bonds. The van der Waals surface area contributed by atoms with E-state index >= 15 is 0 Å². The lowest BCUT2D eigenvalue weighted by atomic mass is 10.2. The molecule has 5 rings (SSSR count). The maximum atomic E-state index is 13.4. The second-order valence-corrected chi connectivity index (χ2v) is 10.1. The molecule has 1 aliphatic heterocycles. The second-order valence-electron chi connectivity index (χ2n) is 7.18. The maximum absolute atomic E-state index is 13.4. The summed E-state index contributed by atoms with van der Waals surface area (Å²) in [6, 6.07) is 13.6. The molecular formula is C21H14FIN4O4S. The van der Waals surface area contributed by atoms with Gasteiger partial charge in [-0.25, -0.2) is 17.5 Å². The molecule has 0 spiro atoms. The standard InChI is InChI=1S/C21H14FIN4O4S/c22-13-5-3-12(4-6-13)11-27-21(29)18(19(28)16-2-1-9-26(16)27)20-24-15-8-7-14(23)10-17(15)32(30,31)25-20/h1-10,24-25H,11H2/b20-18+. The minimum atomic E-state index is -4.00. The Bertz CT molecular complexity index is 1680. The van der Waals surface area contributed by atoms with Gasteiger partial charge in [0.25, 0.3) is 15.6 Å². The molecule has 32 heavy (non-hydrogen) atoms. The average Bonchev–Trinajstić information content (AvgIpc) is 3.23. The van der Waals surface area contributed by atoms with E-state index in [0.717, 1.165) is 3.57 Å². The molecule has 0 aliphatic carbocycles. The molecule has 0 bridgehead atoms. The third-order valence-corrected chi connectivity index (χ3v) is 7.18. The Balaban J connectivity index is 1.79. The van der Waals surface area contributed by atoms with Crippen molar-refractivity contribution in [2.75, 3.05) is 5.32 Å². The van der Waals surface area contributed by atoms with Gasteiger partial charge in [-0.2, -0.15) is 0 Å². The predicted octanol–water partition coefficient (Wildman–Crippen LogP) is 1.44. The van der Waals surface area contributed by atoms with E-state index in [1.54, 1.807) is 30.5 Å². The van der Waals surface area contributed by atoms with E-state index in [-0.39, 0.29) is 33.7 Å². The number of sulfonamides is 1. The number of aromatic nitrogens is 2. The van der Waals surface area contributed by atoms with Gasteiger partial charge in [0, 0.05) is 9.77 Å². The van der Waals surface area contributed by atoms with Crippen LogP contribution in [0.2, 0.25) is 0 Å². The van der Waals surface area contributed by atoms with Gasteiger partial charge in [-0.15, -0.1) is 0 Å². The zero-order valence-electron chi connectivity index (χ0n) is 16.2. The highest BCUT2D eigenvalue weighted by Crippen LogP contribution is 2.28. The number of rotatable bonds is 2. The molecule has 2 aromatic heterocycles. The van der Waals surface area contributed by atoms with Crippen LogP contribution in [0.3, 0.4) is 0 Å². The topological polar surface area (TPSA) is 102 Å². The second kappa shape index (κ2) is 7.45. The molecule has 2 aromatic carbocycles. The first kappa shape index (κ1) is 20.7. The molecule has 1 aliphatic rings. The summed E-state index contributed by atoms with van der Waals surface area (Å²) in [6.45, 7) is 0.0480. The zero-order valence-corrected chi connectivity index (χ0v) is 19.1. The van der Waals surface area contributed by atoms with Crippen molar-refractivity contribution in [2.24, 2.45) is 0 Å². The number of anilines is 1. The molecule has 8 nitrogen and oxygen atoms in total. The normalized spacial score (nSPS) is 16.3. The first-order chi connectivity index (χ1) is 15.2. The van der Waals surface area contributed by atoms with Crippen molar-refractivity contribution in [2.45, 2.75) is 11.4 Å². The molecule has 0 unspecified atom stereocenters. The van der Waals surface area contributed by atoms with E-state index in [1.165, 1.54) is 39.5 Å². The molecule has 3 heterocycles. The molecule has 4 aromatic rings. The summed E-state index contributed by atoms with van der Waals surface area (Å²) in [6.07, 6.45) is 1.56. The highest BCUT2D eigenvalue weighted by atomic mass is 127. The van der Waals surface area contributed by atoms with Crippen molar-refractivity contribution in [3.05, 3.63) is 102 Å². The van der Waals surface area contributed by atoms with Gasteiger partial charge in [-0.3, -0.25) is 18.8 Å². The van der Waals surface area contributed by atoms with Gasteiger partial charge in [0.15, 0.2) is 0 Å². The first-order valence-electron chi connectivity index (χ1n) is 9.37. The molecule has 0 saturated carbocycles. The van der Waals surface area contributed by atoms with Crippen molar-refractivity contribution >= 4 is 49.6 Å². The highest BCUT2D eigenvalue weighted by molar-refractivity contribution is 14.1. The van der Waals surface area contributed by atoms with E-state index in [2.05, 4.69) is 10.0 Å². The van der Waals surface area contributed by atoms with Crippen LogP contribution in [0.15, 0.2) is 75.3 Å². The third-order valence-electron chi connectivity index (χ3n) is 5.12. The van der Waals surface area contributed by atoms with Crippen molar-refractivity contribution in [3.63, 3.8) is 0 Å². The van der Waals surface area contributed by atoms with Crippen LogP contribution in [0.4, 0.5) is 10.1 Å². The summed E-state index contributed by atoms with van der Waals surface area (Å²) in [7, 11) is -4.00. The molecule has 0 atom stereocenters. The fourth-order valence-electron chi connectivity index (χ4n) is 3.63. The van der Waals surface area contributed by atoms with E-state index in [0.29, 0.717) is 5.56 Å². The van der Waals surface area contributed by atoms with E-state index in [9.17, 15) is 22.4 Å². The first-order valence-corrected chi connectivity index (χ1v) is 11.9. The molecule has 0 radical (unpaired) electrons. The number of halogens is 2. The van der Waals surface area contributed by atoms with Gasteiger partial charge in [-0.1, -0.05) is 12.1 Å². The number of hydrogen-bond acceptors (Lipinski definition) is 5. The van der Waals surface area contributed by atoms with Gasteiger partial charge in [0.05, 0.1) is 12.2 Å². The summed E-state index contributed by atoms with van der Waals surface area (Å²) < 4.78 is 44.7. The summed E-state index contributed by atoms with van der Waals surface area (Å²) in [4.78, 5) is 26.6. The fourth-order valence-corrected chi connectivity index (χ4v) is 5.56. The minimum Gasteiger partial charge on any atom is -0.339 e. The number of hydrogen-bond donors (Lipinski definition) is 2. The SMILES string of the molecule is O=c1/c(=C2/Nc3ccc(I)cc3S(=O)(=O)N2)c(=O)n(Cc2ccc(F)cc2)n2cccc12. The highest BCUT2D eigenvalue weighted by Gasteiger charge is 2.28. The summed E-state index contributed by atoms with van der Waals surface area (Å²) in [5.74, 6) is -0.613. The van der Waals surface area contributed by atoms with Crippen LogP contribution in [-0.4, -0.2) is 17.6 Å². The smallest absolute Gasteiger partial charge is 0.280 e. The molecule has 0 fully saturated rings. The number of fused-ring (bicyclic) bond motifs is 2. The van der Waals surface area contributed by atoms with Gasteiger partial charge in [0.2, 0.25) is 5.43 Å². The Morgan fingerprint density at radius 1 is 1.03 bits per heavy atom. The Kier molecular flexibility index (Phi) is 4.82. The fraction of sp³-hybridized carbons (Fsp3) is 0.0476. The van der Waals surface area contributed by atoms with Crippen molar-refractivity contribution < 1.29 is 12.8 Å². The van der Waals surface area contributed by atoms with Crippen LogP contribution in [-0.2, 0) is 16.6 Å². The molecule has 2 N–H and O–H groups in total. The predicted molar refractivity (Wildman–Crippen MR) is 125 cm³/mol. The van der Waals surface area contributed by atoms with Crippen LogP contribution >= 0.6 is 22.6 Å². The monoisotopic (exact) mass is 564 g/mol. The Labute approximate surface area is 194 Å². The lowest BCUT2D eigenvalue weighted by molar-refractivity contribution is 0.586. The van der Waals surface area contributed by atoms with E-state index in [1.807, 2.05) is 22.6 Å². The lowest BCUT2D eigenvalue weighted by Gasteiger charge is -2.22. The van der Waals surface area contributed by atoms with Crippen molar-refractivity contribution in [3.8, 4) is 0 Å². The van der Waals surface area contributed by atoms with E-state index < -0.39 is 26.8 Å². The summed E-state index contributed by atoms with van der Waals surface area (Å²) >= 11 is 2.00. The Morgan fingerprint density at radius 2 is 1.78 bits per heavy atom. The van der Waals surface area contributed by atoms with Gasteiger partial charge in [0.1, 0.15) is 27.3 Å². The van der Waals surface area contributed by atoms with Crippen LogP contribution in [0, 0.1) is 9.39 Å². The zero-order chi connectivity index (χ0) is 22.6. The van der Waals surface area contributed by atoms with Crippen LogP contribution < -0.4 is 26.2 Å². The van der Waals surface area contributed by atoms with Gasteiger partial charge >= 0.3 is 0 Å². The molecular weight excluding hydrogens is 550 g/mol. The van der Waals surface area contributed by atoms with Crippen LogP contribution in [0.25, 0.3) is 11.3 Å². The molecule has 162 valence electrons. The minimum absolute atomic E-state index is 0.0241. The van der Waals surface area contributed by atoms with Crippen LogP contribution in [0.5, 0.6) is 0 Å². The molecule has 0 saturated heterocycles. The Hall–Kier alpha value is -3.19. The summed E-state index contributed by atoms with van der Waals surface area (Å²) in [5, 5.41) is 2.56.